The molecule has 3 aromatic rings. The molecule has 0 aliphatic heterocycles. The summed E-state index contributed by atoms with van der Waals surface area (Å²) in [7, 11) is 0. The second-order valence-electron chi connectivity index (χ2n) is 5.00. The Labute approximate surface area is 139 Å². The third-order valence-corrected chi connectivity index (χ3v) is 4.28. The Balaban J connectivity index is 1.79. The fraction of sp³-hybridized carbons (Fsp3) is 0.111. The van der Waals surface area contributed by atoms with Gasteiger partial charge in [0.25, 0.3) is 0 Å². The minimum Gasteiger partial charge on any atom is -0.217 e. The fourth-order valence-electron chi connectivity index (χ4n) is 2.07. The maximum atomic E-state index is 9.33. The van der Waals surface area contributed by atoms with Crippen LogP contribution in [0.15, 0.2) is 59.5 Å². The van der Waals surface area contributed by atoms with Crippen molar-refractivity contribution in [2.45, 2.75) is 17.6 Å². The number of rotatable bonds is 4. The van der Waals surface area contributed by atoms with E-state index in [1.807, 2.05) is 30.3 Å². The largest absolute Gasteiger partial charge is 0.217 e. The van der Waals surface area contributed by atoms with Crippen LogP contribution in [0.2, 0.25) is 0 Å². The first-order chi connectivity index (χ1) is 11.3. The van der Waals surface area contributed by atoms with Gasteiger partial charge in [-0.05, 0) is 19.1 Å². The van der Waals surface area contributed by atoms with E-state index in [0.29, 0.717) is 23.0 Å². The SMILES string of the molecule is Cc1ccc(SCc2nnc(-c3ccccc3)c(C#N)n2)cc1. The molecule has 3 rings (SSSR count). The summed E-state index contributed by atoms with van der Waals surface area (Å²) in [6.07, 6.45) is 0. The van der Waals surface area contributed by atoms with Crippen molar-refractivity contribution < 1.29 is 0 Å². The van der Waals surface area contributed by atoms with Gasteiger partial charge in [0.05, 0.1) is 5.75 Å². The number of hydrogen-bond acceptors (Lipinski definition) is 5. The monoisotopic (exact) mass is 318 g/mol. The fourth-order valence-corrected chi connectivity index (χ4v) is 2.82. The molecule has 0 bridgehead atoms. The number of aromatic nitrogens is 3. The van der Waals surface area contributed by atoms with Gasteiger partial charge in [-0.1, -0.05) is 48.0 Å². The molecule has 0 aliphatic rings. The van der Waals surface area contributed by atoms with Crippen LogP contribution in [-0.2, 0) is 5.75 Å². The Morgan fingerprint density at radius 2 is 1.74 bits per heavy atom. The molecule has 0 atom stereocenters. The number of nitrogens with zero attached hydrogens (tertiary/aromatic N) is 4. The zero-order chi connectivity index (χ0) is 16.1. The van der Waals surface area contributed by atoms with Crippen LogP contribution in [-0.4, -0.2) is 15.2 Å². The highest BCUT2D eigenvalue weighted by Gasteiger charge is 2.11. The van der Waals surface area contributed by atoms with Crippen LogP contribution in [0, 0.1) is 18.3 Å². The lowest BCUT2D eigenvalue weighted by Crippen LogP contribution is -2.02. The van der Waals surface area contributed by atoms with Gasteiger partial charge in [0.15, 0.2) is 11.5 Å². The molecular weight excluding hydrogens is 304 g/mol. The summed E-state index contributed by atoms with van der Waals surface area (Å²) in [6, 6.07) is 19.9. The first kappa shape index (κ1) is 15.2. The van der Waals surface area contributed by atoms with E-state index < -0.39 is 0 Å². The van der Waals surface area contributed by atoms with Crippen molar-refractivity contribution in [3.05, 3.63) is 71.7 Å². The van der Waals surface area contributed by atoms with Crippen LogP contribution in [0.3, 0.4) is 0 Å². The molecule has 0 unspecified atom stereocenters. The number of aryl methyl sites for hydroxylation is 1. The standard InChI is InChI=1S/C18H14N4S/c1-13-7-9-15(10-8-13)23-12-17-20-16(11-19)18(22-21-17)14-5-3-2-4-6-14/h2-10H,12H2,1H3. The minimum atomic E-state index is 0.311. The molecule has 0 amide bonds. The molecule has 0 fully saturated rings. The van der Waals surface area contributed by atoms with Gasteiger partial charge in [-0.25, -0.2) is 4.98 Å². The van der Waals surface area contributed by atoms with Gasteiger partial charge >= 0.3 is 0 Å². The van der Waals surface area contributed by atoms with Gasteiger partial charge in [-0.15, -0.1) is 22.0 Å². The van der Waals surface area contributed by atoms with Crippen LogP contribution >= 0.6 is 11.8 Å². The third kappa shape index (κ3) is 3.74. The van der Waals surface area contributed by atoms with Crippen LogP contribution in [0.25, 0.3) is 11.3 Å². The lowest BCUT2D eigenvalue weighted by molar-refractivity contribution is 0.894. The average molecular weight is 318 g/mol. The van der Waals surface area contributed by atoms with Crippen molar-refractivity contribution >= 4 is 11.8 Å². The molecule has 0 saturated heterocycles. The number of thioether (sulfide) groups is 1. The van der Waals surface area contributed by atoms with Gasteiger partial charge < -0.3 is 0 Å². The highest BCUT2D eigenvalue weighted by molar-refractivity contribution is 7.98. The summed E-state index contributed by atoms with van der Waals surface area (Å²) in [4.78, 5) is 5.49. The minimum absolute atomic E-state index is 0.311. The van der Waals surface area contributed by atoms with E-state index in [0.717, 1.165) is 10.5 Å². The van der Waals surface area contributed by atoms with E-state index in [4.69, 9.17) is 0 Å². The van der Waals surface area contributed by atoms with Crippen molar-refractivity contribution in [3.8, 4) is 17.3 Å². The van der Waals surface area contributed by atoms with E-state index in [2.05, 4.69) is 52.4 Å². The topological polar surface area (TPSA) is 62.5 Å². The second-order valence-corrected chi connectivity index (χ2v) is 6.05. The van der Waals surface area contributed by atoms with Gasteiger partial charge in [-0.2, -0.15) is 5.26 Å². The summed E-state index contributed by atoms with van der Waals surface area (Å²) in [5.74, 6) is 1.15. The summed E-state index contributed by atoms with van der Waals surface area (Å²) >= 11 is 1.63. The van der Waals surface area contributed by atoms with Gasteiger partial charge in [-0.3, -0.25) is 0 Å². The number of hydrogen-bond donors (Lipinski definition) is 0. The van der Waals surface area contributed by atoms with Crippen LogP contribution in [0.1, 0.15) is 17.1 Å². The van der Waals surface area contributed by atoms with Crippen molar-refractivity contribution in [1.82, 2.24) is 15.2 Å². The normalized spacial score (nSPS) is 10.3. The van der Waals surface area contributed by atoms with Crippen molar-refractivity contribution in [3.63, 3.8) is 0 Å². The Hall–Kier alpha value is -2.71. The molecule has 1 heterocycles. The second kappa shape index (κ2) is 7.03. The molecule has 23 heavy (non-hydrogen) atoms. The maximum absolute atomic E-state index is 9.33. The Morgan fingerprint density at radius 3 is 2.43 bits per heavy atom. The zero-order valence-corrected chi connectivity index (χ0v) is 13.4. The maximum Gasteiger partial charge on any atom is 0.170 e. The van der Waals surface area contributed by atoms with E-state index in [9.17, 15) is 5.26 Å². The van der Waals surface area contributed by atoms with E-state index >= 15 is 0 Å². The molecule has 2 aromatic carbocycles. The molecule has 0 radical (unpaired) electrons. The molecule has 4 nitrogen and oxygen atoms in total. The molecule has 0 aliphatic carbocycles. The summed E-state index contributed by atoms with van der Waals surface area (Å²) < 4.78 is 0. The Kier molecular flexibility index (Phi) is 4.65. The average Bonchev–Trinajstić information content (AvgIpc) is 2.62. The zero-order valence-electron chi connectivity index (χ0n) is 12.6. The van der Waals surface area contributed by atoms with Crippen molar-refractivity contribution in [2.75, 3.05) is 0 Å². The molecule has 112 valence electrons. The first-order valence-corrected chi connectivity index (χ1v) is 8.13. The number of nitriles is 1. The highest BCUT2D eigenvalue weighted by Crippen LogP contribution is 2.23. The predicted octanol–water partition coefficient (Wildman–Crippen LogP) is 4.01. The summed E-state index contributed by atoms with van der Waals surface area (Å²) in [6.45, 7) is 2.06. The summed E-state index contributed by atoms with van der Waals surface area (Å²) in [5, 5.41) is 17.7. The van der Waals surface area contributed by atoms with Gasteiger partial charge in [0.1, 0.15) is 11.8 Å². The molecule has 0 saturated carbocycles. The predicted molar refractivity (Wildman–Crippen MR) is 90.7 cm³/mol. The van der Waals surface area contributed by atoms with Crippen LogP contribution in [0.4, 0.5) is 0 Å². The highest BCUT2D eigenvalue weighted by atomic mass is 32.2. The molecule has 0 spiro atoms. The smallest absolute Gasteiger partial charge is 0.170 e. The van der Waals surface area contributed by atoms with E-state index in [-0.39, 0.29) is 0 Å². The van der Waals surface area contributed by atoms with Gasteiger partial charge in [0, 0.05) is 10.5 Å². The molecule has 1 aromatic heterocycles. The van der Waals surface area contributed by atoms with Crippen molar-refractivity contribution in [1.29, 1.82) is 5.26 Å². The lowest BCUT2D eigenvalue weighted by atomic mass is 10.1. The van der Waals surface area contributed by atoms with E-state index in [1.54, 1.807) is 11.8 Å². The lowest BCUT2D eigenvalue weighted by Gasteiger charge is -2.04. The van der Waals surface area contributed by atoms with Gasteiger partial charge in [0.2, 0.25) is 0 Å². The molecule has 0 N–H and O–H groups in total. The van der Waals surface area contributed by atoms with E-state index in [1.165, 1.54) is 5.56 Å². The molecular formula is C18H14N4S. The quantitative estimate of drug-likeness (QED) is 0.680. The Bertz CT molecular complexity index is 839. The van der Waals surface area contributed by atoms with Crippen molar-refractivity contribution in [2.24, 2.45) is 0 Å². The summed E-state index contributed by atoms with van der Waals surface area (Å²) in [5.41, 5.74) is 2.91. The first-order valence-electron chi connectivity index (χ1n) is 7.15. The Morgan fingerprint density at radius 1 is 1.00 bits per heavy atom. The van der Waals surface area contributed by atoms with Crippen LogP contribution < -0.4 is 0 Å². The number of benzene rings is 2. The van der Waals surface area contributed by atoms with Crippen LogP contribution in [0.5, 0.6) is 0 Å². The molecule has 5 heteroatoms. The third-order valence-electron chi connectivity index (χ3n) is 3.27.